The van der Waals surface area contributed by atoms with E-state index in [1.54, 1.807) is 11.3 Å². The van der Waals surface area contributed by atoms with Gasteiger partial charge in [0.1, 0.15) is 10.6 Å². The molecular formula is C18H17Cl2N3S. The molecule has 0 spiro atoms. The molecule has 0 saturated carbocycles. The number of aryl methyl sites for hydroxylation is 3. The Kier molecular flexibility index (Phi) is 4.37. The van der Waals surface area contributed by atoms with Crippen molar-refractivity contribution in [3.8, 4) is 0 Å². The lowest BCUT2D eigenvalue weighted by molar-refractivity contribution is 0.713. The van der Waals surface area contributed by atoms with E-state index in [1.165, 1.54) is 29.7 Å². The fourth-order valence-corrected chi connectivity index (χ4v) is 4.87. The molecule has 0 atom stereocenters. The first-order valence-corrected chi connectivity index (χ1v) is 9.70. The molecule has 124 valence electrons. The van der Waals surface area contributed by atoms with Crippen molar-refractivity contribution in [3.05, 3.63) is 44.5 Å². The van der Waals surface area contributed by atoms with Gasteiger partial charge in [0.05, 0.1) is 5.39 Å². The van der Waals surface area contributed by atoms with Gasteiger partial charge in [0.15, 0.2) is 0 Å². The van der Waals surface area contributed by atoms with Crippen LogP contribution >= 0.6 is 34.5 Å². The Morgan fingerprint density at radius 3 is 2.75 bits per heavy atom. The monoisotopic (exact) mass is 377 g/mol. The molecular weight excluding hydrogens is 361 g/mol. The van der Waals surface area contributed by atoms with E-state index in [1.807, 2.05) is 25.1 Å². The summed E-state index contributed by atoms with van der Waals surface area (Å²) in [6, 6.07) is 5.93. The third-order valence-corrected chi connectivity index (χ3v) is 6.23. The average molecular weight is 378 g/mol. The Labute approximate surface area is 155 Å². The van der Waals surface area contributed by atoms with Crippen molar-refractivity contribution < 1.29 is 0 Å². The Hall–Kier alpha value is -1.36. The Balaban J connectivity index is 1.84. The van der Waals surface area contributed by atoms with Crippen molar-refractivity contribution in [2.75, 3.05) is 5.32 Å². The molecule has 2 aromatic heterocycles. The summed E-state index contributed by atoms with van der Waals surface area (Å²) in [5.41, 5.74) is 3.36. The number of halogens is 2. The van der Waals surface area contributed by atoms with E-state index in [9.17, 15) is 0 Å². The molecule has 3 nitrogen and oxygen atoms in total. The van der Waals surface area contributed by atoms with Crippen LogP contribution in [0.2, 0.25) is 10.3 Å². The molecule has 0 saturated heterocycles. The topological polar surface area (TPSA) is 37.8 Å². The Bertz CT molecular complexity index is 920. The number of thiophene rings is 1. The highest BCUT2D eigenvalue weighted by atomic mass is 35.5. The minimum absolute atomic E-state index is 0.277. The molecule has 0 bridgehead atoms. The van der Waals surface area contributed by atoms with E-state index in [-0.39, 0.29) is 5.28 Å². The molecule has 24 heavy (non-hydrogen) atoms. The Morgan fingerprint density at radius 2 is 1.92 bits per heavy atom. The van der Waals surface area contributed by atoms with Crippen LogP contribution in [0, 0.1) is 6.92 Å². The van der Waals surface area contributed by atoms with E-state index in [0.29, 0.717) is 0 Å². The number of anilines is 2. The number of hydrogen-bond donors (Lipinski definition) is 1. The largest absolute Gasteiger partial charge is 0.339 e. The number of benzene rings is 1. The van der Waals surface area contributed by atoms with Gasteiger partial charge in [0.25, 0.3) is 0 Å². The van der Waals surface area contributed by atoms with Crippen LogP contribution < -0.4 is 5.32 Å². The van der Waals surface area contributed by atoms with Gasteiger partial charge in [-0.3, -0.25) is 0 Å². The molecule has 0 amide bonds. The second kappa shape index (κ2) is 6.51. The van der Waals surface area contributed by atoms with Gasteiger partial charge >= 0.3 is 0 Å². The van der Waals surface area contributed by atoms with Crippen molar-refractivity contribution in [2.45, 2.75) is 39.0 Å². The molecule has 0 unspecified atom stereocenters. The molecule has 3 aromatic rings. The highest BCUT2D eigenvalue weighted by Crippen LogP contribution is 2.39. The van der Waals surface area contributed by atoms with Gasteiger partial charge in [-0.2, -0.15) is 4.98 Å². The van der Waals surface area contributed by atoms with E-state index >= 15 is 0 Å². The SMILES string of the molecule is Cc1ccc(Nc2nc(Cl)nc3sc4c(c23)CCCCC4)cc1Cl. The first kappa shape index (κ1) is 16.1. The normalized spacial score (nSPS) is 14.5. The molecule has 1 N–H and O–H groups in total. The van der Waals surface area contributed by atoms with Crippen molar-refractivity contribution in [1.82, 2.24) is 9.97 Å². The van der Waals surface area contributed by atoms with Gasteiger partial charge in [0, 0.05) is 15.6 Å². The van der Waals surface area contributed by atoms with Crippen molar-refractivity contribution in [1.29, 1.82) is 0 Å². The van der Waals surface area contributed by atoms with Gasteiger partial charge in [0.2, 0.25) is 5.28 Å². The molecule has 1 aliphatic carbocycles. The summed E-state index contributed by atoms with van der Waals surface area (Å²) in [6.45, 7) is 1.99. The number of nitrogens with zero attached hydrogens (tertiary/aromatic N) is 2. The lowest BCUT2D eigenvalue weighted by Gasteiger charge is -2.10. The van der Waals surface area contributed by atoms with Crippen LogP contribution in [0.5, 0.6) is 0 Å². The number of rotatable bonds is 2. The first-order chi connectivity index (χ1) is 11.6. The number of fused-ring (bicyclic) bond motifs is 3. The maximum Gasteiger partial charge on any atom is 0.225 e. The predicted octanol–water partition coefficient (Wildman–Crippen LogP) is 6.32. The Morgan fingerprint density at radius 1 is 1.08 bits per heavy atom. The van der Waals surface area contributed by atoms with Crippen LogP contribution in [0.15, 0.2) is 18.2 Å². The highest BCUT2D eigenvalue weighted by molar-refractivity contribution is 7.19. The lowest BCUT2D eigenvalue weighted by Crippen LogP contribution is -1.98. The van der Waals surface area contributed by atoms with Gasteiger partial charge in [-0.25, -0.2) is 4.98 Å². The zero-order valence-corrected chi connectivity index (χ0v) is 15.7. The van der Waals surface area contributed by atoms with Gasteiger partial charge < -0.3 is 5.32 Å². The fraction of sp³-hybridized carbons (Fsp3) is 0.333. The van der Waals surface area contributed by atoms with E-state index in [2.05, 4.69) is 15.3 Å². The maximum absolute atomic E-state index is 6.25. The number of hydrogen-bond acceptors (Lipinski definition) is 4. The fourth-order valence-electron chi connectivity index (χ4n) is 3.21. The summed E-state index contributed by atoms with van der Waals surface area (Å²) in [5.74, 6) is 0.782. The third-order valence-electron chi connectivity index (χ3n) is 4.47. The first-order valence-electron chi connectivity index (χ1n) is 8.13. The summed E-state index contributed by atoms with van der Waals surface area (Å²) < 4.78 is 0. The van der Waals surface area contributed by atoms with Crippen molar-refractivity contribution in [2.24, 2.45) is 0 Å². The summed E-state index contributed by atoms with van der Waals surface area (Å²) in [5, 5.41) is 5.54. The van der Waals surface area contributed by atoms with Gasteiger partial charge in [-0.1, -0.05) is 24.1 Å². The molecule has 4 rings (SSSR count). The van der Waals surface area contributed by atoms with Crippen molar-refractivity contribution in [3.63, 3.8) is 0 Å². The van der Waals surface area contributed by atoms with Crippen LogP contribution in [0.3, 0.4) is 0 Å². The molecule has 6 heteroatoms. The zero-order valence-electron chi connectivity index (χ0n) is 13.3. The minimum Gasteiger partial charge on any atom is -0.339 e. The van der Waals surface area contributed by atoms with Gasteiger partial charge in [-0.15, -0.1) is 11.3 Å². The second-order valence-corrected chi connectivity index (χ2v) is 8.00. The zero-order chi connectivity index (χ0) is 16.7. The molecule has 0 aliphatic heterocycles. The number of nitrogens with one attached hydrogen (secondary N) is 1. The third kappa shape index (κ3) is 2.99. The molecule has 0 fully saturated rings. The summed E-state index contributed by atoms with van der Waals surface area (Å²) >= 11 is 14.2. The van der Waals surface area contributed by atoms with Crippen LogP contribution in [-0.4, -0.2) is 9.97 Å². The van der Waals surface area contributed by atoms with Crippen LogP contribution in [0.4, 0.5) is 11.5 Å². The van der Waals surface area contributed by atoms with Crippen LogP contribution in [0.25, 0.3) is 10.2 Å². The quantitative estimate of drug-likeness (QED) is 0.419. The van der Waals surface area contributed by atoms with E-state index in [4.69, 9.17) is 23.2 Å². The standard InChI is InChI=1S/C18H17Cl2N3S/c1-10-7-8-11(9-13(10)19)21-16-15-12-5-3-2-4-6-14(12)24-17(15)23-18(20)22-16/h7-9H,2-6H2,1H3,(H,21,22,23). The molecule has 0 radical (unpaired) electrons. The summed E-state index contributed by atoms with van der Waals surface area (Å²) in [7, 11) is 0. The maximum atomic E-state index is 6.25. The summed E-state index contributed by atoms with van der Waals surface area (Å²) in [6.07, 6.45) is 5.97. The predicted molar refractivity (Wildman–Crippen MR) is 103 cm³/mol. The highest BCUT2D eigenvalue weighted by Gasteiger charge is 2.20. The van der Waals surface area contributed by atoms with E-state index in [0.717, 1.165) is 45.1 Å². The smallest absolute Gasteiger partial charge is 0.225 e. The van der Waals surface area contributed by atoms with Crippen molar-refractivity contribution >= 4 is 56.3 Å². The lowest BCUT2D eigenvalue weighted by atomic mass is 10.1. The van der Waals surface area contributed by atoms with Crippen LogP contribution in [-0.2, 0) is 12.8 Å². The minimum atomic E-state index is 0.277. The van der Waals surface area contributed by atoms with E-state index < -0.39 is 0 Å². The molecule has 1 aromatic carbocycles. The molecule has 1 aliphatic rings. The number of aromatic nitrogens is 2. The second-order valence-electron chi connectivity index (χ2n) is 6.17. The summed E-state index contributed by atoms with van der Waals surface area (Å²) in [4.78, 5) is 11.3. The van der Waals surface area contributed by atoms with Crippen LogP contribution in [0.1, 0.15) is 35.3 Å². The van der Waals surface area contributed by atoms with Gasteiger partial charge in [-0.05, 0) is 67.5 Å². The average Bonchev–Trinajstić information content (AvgIpc) is 2.73. The molecule has 2 heterocycles.